The largest absolute Gasteiger partial charge is 0.472 e. The third kappa shape index (κ3) is 41.3. The summed E-state index contributed by atoms with van der Waals surface area (Å²) in [6.07, 6.45) is 49.5. The summed E-state index contributed by atoms with van der Waals surface area (Å²) in [4.78, 5) is 35.0. The number of hydrogen-bond acceptors (Lipinski definition) is 10. The number of hydrogen-bond donors (Lipinski definition) is 4. The molecule has 0 spiro atoms. The van der Waals surface area contributed by atoms with Gasteiger partial charge in [-0.25, -0.2) is 4.57 Å². The van der Waals surface area contributed by atoms with Crippen LogP contribution in [0.15, 0.2) is 109 Å². The van der Waals surface area contributed by atoms with Crippen LogP contribution in [-0.4, -0.2) is 76.9 Å². The summed E-state index contributed by atoms with van der Waals surface area (Å²) in [6, 6.07) is 0. The number of aliphatic hydroxyl groups is 3. The van der Waals surface area contributed by atoms with E-state index in [1.165, 1.54) is 0 Å². The average molecular weight is 861 g/mol. The van der Waals surface area contributed by atoms with E-state index in [1.807, 2.05) is 36.5 Å². The Bertz CT molecular complexity index is 1380. The lowest BCUT2D eigenvalue weighted by Crippen LogP contribution is -2.29. The molecule has 12 heteroatoms. The lowest BCUT2D eigenvalue weighted by molar-refractivity contribution is -0.161. The van der Waals surface area contributed by atoms with Crippen molar-refractivity contribution in [2.24, 2.45) is 0 Å². The molecule has 0 aromatic carbocycles. The van der Waals surface area contributed by atoms with Gasteiger partial charge in [0.05, 0.1) is 25.9 Å². The molecule has 0 heterocycles. The summed E-state index contributed by atoms with van der Waals surface area (Å²) >= 11 is 0. The fourth-order valence-electron chi connectivity index (χ4n) is 5.12. The molecule has 340 valence electrons. The molecule has 0 aliphatic carbocycles. The highest BCUT2D eigenvalue weighted by molar-refractivity contribution is 7.47. The van der Waals surface area contributed by atoms with Gasteiger partial charge in [0, 0.05) is 12.8 Å². The van der Waals surface area contributed by atoms with Crippen molar-refractivity contribution in [1.29, 1.82) is 0 Å². The van der Waals surface area contributed by atoms with Crippen LogP contribution in [0.5, 0.6) is 0 Å². The highest BCUT2D eigenvalue weighted by atomic mass is 31.2. The Labute approximate surface area is 361 Å². The Kier molecular flexibility index (Phi) is 39.9. The monoisotopic (exact) mass is 861 g/mol. The lowest BCUT2D eigenvalue weighted by atomic mass is 10.1. The van der Waals surface area contributed by atoms with Crippen LogP contribution >= 0.6 is 7.82 Å². The molecule has 0 saturated carbocycles. The lowest BCUT2D eigenvalue weighted by Gasteiger charge is -2.20. The number of unbranched alkanes of at least 4 members (excludes halogenated alkanes) is 6. The predicted octanol–water partition coefficient (Wildman–Crippen LogP) is 10.7. The third-order valence-electron chi connectivity index (χ3n) is 8.52. The van der Waals surface area contributed by atoms with Gasteiger partial charge >= 0.3 is 19.8 Å². The average Bonchev–Trinajstić information content (AvgIpc) is 3.23. The molecular weight excluding hydrogens is 783 g/mol. The standard InChI is InChI=1S/C48H77O11P/c1-3-5-7-8-9-10-11-12-13-14-15-16-17-18-21-25-28-31-35-39-48(53)59-46(43-58-60(54,55)57-41-45(51)40-49)42-56-47(52)38-34-30-27-24-22-19-20-23-26-29-33-37-44(50)36-32-6-4-2/h5,7,9-10,12-13,15-16,18-21,24,26-27,29,33,37,44-46,49-51H,3-4,6,8,11,14,17,22-23,25,28,30-32,34-36,38-43H2,1-2H3,(H,54,55)/b7-5-,10-9-,13-12-,16-15-,20-19-,21-18-,27-24-,29-26-,37-33+/t44-,45+,46-/m1/s1. The number of allylic oxidation sites excluding steroid dienone is 17. The molecule has 0 saturated heterocycles. The smallest absolute Gasteiger partial charge is 0.462 e. The molecule has 60 heavy (non-hydrogen) atoms. The van der Waals surface area contributed by atoms with Gasteiger partial charge in [-0.15, -0.1) is 0 Å². The molecule has 0 aromatic rings. The van der Waals surface area contributed by atoms with Crippen molar-refractivity contribution in [3.63, 3.8) is 0 Å². The van der Waals surface area contributed by atoms with Gasteiger partial charge in [-0.05, 0) is 83.5 Å². The van der Waals surface area contributed by atoms with Crippen molar-refractivity contribution in [3.8, 4) is 0 Å². The summed E-state index contributed by atoms with van der Waals surface area (Å²) in [6.45, 7) is 2.00. The van der Waals surface area contributed by atoms with Gasteiger partial charge in [-0.1, -0.05) is 149 Å². The maximum Gasteiger partial charge on any atom is 0.472 e. The fourth-order valence-corrected chi connectivity index (χ4v) is 5.91. The van der Waals surface area contributed by atoms with Gasteiger partial charge in [0.2, 0.25) is 0 Å². The molecule has 1 unspecified atom stereocenters. The summed E-state index contributed by atoms with van der Waals surface area (Å²) < 4.78 is 32.6. The van der Waals surface area contributed by atoms with E-state index in [-0.39, 0.29) is 19.4 Å². The topological polar surface area (TPSA) is 169 Å². The Morgan fingerprint density at radius 3 is 1.70 bits per heavy atom. The van der Waals surface area contributed by atoms with Crippen LogP contribution in [0.2, 0.25) is 0 Å². The molecule has 4 atom stereocenters. The number of phosphoric ester groups is 1. The van der Waals surface area contributed by atoms with Crippen LogP contribution in [0.25, 0.3) is 0 Å². The maximum atomic E-state index is 12.6. The Hall–Kier alpha value is -3.41. The molecule has 11 nitrogen and oxygen atoms in total. The van der Waals surface area contributed by atoms with Crippen molar-refractivity contribution < 1.29 is 52.9 Å². The quantitative estimate of drug-likeness (QED) is 0.0153. The highest BCUT2D eigenvalue weighted by Crippen LogP contribution is 2.43. The number of ether oxygens (including phenoxy) is 2. The van der Waals surface area contributed by atoms with E-state index in [0.29, 0.717) is 19.3 Å². The predicted molar refractivity (Wildman–Crippen MR) is 243 cm³/mol. The molecule has 0 bridgehead atoms. The molecule has 0 aromatic heterocycles. The molecule has 4 N–H and O–H groups in total. The molecule has 0 amide bonds. The summed E-state index contributed by atoms with van der Waals surface area (Å²) in [5.41, 5.74) is 0. The second-order valence-corrected chi connectivity index (χ2v) is 15.6. The van der Waals surface area contributed by atoms with Crippen molar-refractivity contribution >= 4 is 19.8 Å². The minimum Gasteiger partial charge on any atom is -0.462 e. The number of carbonyl (C=O) groups is 2. The van der Waals surface area contributed by atoms with Crippen molar-refractivity contribution in [2.75, 3.05) is 26.4 Å². The first-order valence-corrected chi connectivity index (χ1v) is 23.4. The maximum absolute atomic E-state index is 12.6. The first kappa shape index (κ1) is 56.6. The van der Waals surface area contributed by atoms with E-state index >= 15 is 0 Å². The van der Waals surface area contributed by atoms with E-state index in [4.69, 9.17) is 19.1 Å². The van der Waals surface area contributed by atoms with E-state index in [1.54, 1.807) is 0 Å². The van der Waals surface area contributed by atoms with Gasteiger partial charge in [0.15, 0.2) is 6.10 Å². The molecule has 0 fully saturated rings. The van der Waals surface area contributed by atoms with Gasteiger partial charge in [-0.3, -0.25) is 18.6 Å². The minimum atomic E-state index is -4.66. The summed E-state index contributed by atoms with van der Waals surface area (Å²) in [7, 11) is -4.66. The van der Waals surface area contributed by atoms with Crippen LogP contribution in [0.3, 0.4) is 0 Å². The second kappa shape index (κ2) is 42.3. The normalized spacial score (nSPS) is 15.4. The summed E-state index contributed by atoms with van der Waals surface area (Å²) in [5, 5.41) is 28.2. The van der Waals surface area contributed by atoms with E-state index in [9.17, 15) is 29.3 Å². The number of carbonyl (C=O) groups excluding carboxylic acids is 2. The van der Waals surface area contributed by atoms with Crippen molar-refractivity contribution in [3.05, 3.63) is 109 Å². The fraction of sp³-hybridized carbons (Fsp3) is 0.583. The number of esters is 2. The van der Waals surface area contributed by atoms with Gasteiger partial charge in [0.1, 0.15) is 12.7 Å². The minimum absolute atomic E-state index is 0.117. The molecule has 0 rings (SSSR count). The van der Waals surface area contributed by atoms with Gasteiger partial charge in [0.25, 0.3) is 0 Å². The van der Waals surface area contributed by atoms with Crippen LogP contribution in [0.4, 0.5) is 0 Å². The molecular formula is C48H77O11P. The van der Waals surface area contributed by atoms with Crippen LogP contribution < -0.4 is 0 Å². The van der Waals surface area contributed by atoms with E-state index in [0.717, 1.165) is 89.9 Å². The Morgan fingerprint density at radius 1 is 0.583 bits per heavy atom. The third-order valence-corrected chi connectivity index (χ3v) is 9.47. The van der Waals surface area contributed by atoms with Gasteiger partial charge in [-0.2, -0.15) is 0 Å². The number of rotatable bonds is 39. The van der Waals surface area contributed by atoms with Gasteiger partial charge < -0.3 is 29.7 Å². The van der Waals surface area contributed by atoms with Crippen LogP contribution in [-0.2, 0) is 32.7 Å². The first-order valence-electron chi connectivity index (χ1n) is 22.0. The number of phosphoric acid groups is 1. The van der Waals surface area contributed by atoms with Crippen LogP contribution in [0, 0.1) is 0 Å². The van der Waals surface area contributed by atoms with E-state index in [2.05, 4.69) is 91.3 Å². The zero-order chi connectivity index (χ0) is 44.2. The Morgan fingerprint density at radius 2 is 1.12 bits per heavy atom. The Balaban J connectivity index is 4.51. The second-order valence-electron chi connectivity index (χ2n) is 14.2. The molecule has 0 aliphatic rings. The van der Waals surface area contributed by atoms with Crippen molar-refractivity contribution in [2.45, 2.75) is 154 Å². The molecule has 0 aliphatic heterocycles. The van der Waals surface area contributed by atoms with Crippen molar-refractivity contribution in [1.82, 2.24) is 0 Å². The molecule has 0 radical (unpaired) electrons. The SMILES string of the molecule is CC/C=C\C/C=C\C/C=C\C/C=C\C/C=C\CCCCCC(=O)O[C@H](COC(=O)CCC/C=C\C/C=C\C/C=C\C=C\[C@H](O)CCCCC)COP(=O)(O)OC[C@@H](O)CO. The van der Waals surface area contributed by atoms with Crippen LogP contribution in [0.1, 0.15) is 136 Å². The van der Waals surface area contributed by atoms with E-state index < -0.39 is 57.9 Å². The first-order chi connectivity index (χ1) is 29.1. The highest BCUT2D eigenvalue weighted by Gasteiger charge is 2.27. The summed E-state index contributed by atoms with van der Waals surface area (Å²) in [5.74, 6) is -1.07. The zero-order valence-electron chi connectivity index (χ0n) is 36.5. The zero-order valence-corrected chi connectivity index (χ0v) is 37.4. The number of aliphatic hydroxyl groups excluding tert-OH is 3.